The molecule has 1 aromatic heterocycles. The average Bonchev–Trinajstić information content (AvgIpc) is 2.51. The van der Waals surface area contributed by atoms with Crippen molar-refractivity contribution in [1.82, 2.24) is 9.97 Å². The zero-order valence-corrected chi connectivity index (χ0v) is 13.8. The molecule has 1 fully saturated rings. The number of anilines is 1. The molecule has 4 nitrogen and oxygen atoms in total. The van der Waals surface area contributed by atoms with Crippen molar-refractivity contribution < 1.29 is 4.21 Å². The van der Waals surface area contributed by atoms with Gasteiger partial charge in [0.15, 0.2) is 0 Å². The lowest BCUT2D eigenvalue weighted by Crippen LogP contribution is -2.50. The van der Waals surface area contributed by atoms with Crippen molar-refractivity contribution in [3.8, 4) is 0 Å². The molecule has 1 aromatic carbocycles. The van der Waals surface area contributed by atoms with E-state index < -0.39 is 10.8 Å². The molecule has 0 saturated carbocycles. The molecule has 0 bridgehead atoms. The van der Waals surface area contributed by atoms with E-state index in [4.69, 9.17) is 4.98 Å². The van der Waals surface area contributed by atoms with E-state index >= 15 is 0 Å². The van der Waals surface area contributed by atoms with Gasteiger partial charge in [-0.25, -0.2) is 9.97 Å². The number of nitrogens with zero attached hydrogens (tertiary/aromatic N) is 3. The van der Waals surface area contributed by atoms with E-state index in [9.17, 15) is 4.21 Å². The van der Waals surface area contributed by atoms with Crippen LogP contribution in [0.4, 0.5) is 5.82 Å². The third-order valence-electron chi connectivity index (χ3n) is 3.95. The topological polar surface area (TPSA) is 46.1 Å². The Balaban J connectivity index is 1.78. The van der Waals surface area contributed by atoms with Crippen LogP contribution < -0.4 is 4.90 Å². The van der Waals surface area contributed by atoms with Crippen molar-refractivity contribution in [2.45, 2.75) is 25.0 Å². The molecule has 0 N–H and O–H groups in total. The highest BCUT2D eigenvalue weighted by Crippen LogP contribution is 2.24. The summed E-state index contributed by atoms with van der Waals surface area (Å²) in [6.45, 7) is 5.67. The molecule has 0 radical (unpaired) electrons. The zero-order valence-electron chi connectivity index (χ0n) is 13.0. The monoisotopic (exact) mass is 315 g/mol. The van der Waals surface area contributed by atoms with E-state index in [0.717, 1.165) is 31.2 Å². The van der Waals surface area contributed by atoms with Crippen LogP contribution in [0.25, 0.3) is 0 Å². The molecule has 1 saturated heterocycles. The second-order valence-corrected chi connectivity index (χ2v) is 8.43. The molecule has 0 amide bonds. The largest absolute Gasteiger partial charge is 0.354 e. The average molecular weight is 315 g/mol. The van der Waals surface area contributed by atoms with Crippen LogP contribution in [0, 0.1) is 0 Å². The molecular formula is C17H21N3OS. The molecule has 1 atom stereocenters. The summed E-state index contributed by atoms with van der Waals surface area (Å²) in [6.07, 6.45) is 2.55. The molecule has 0 aliphatic carbocycles. The van der Waals surface area contributed by atoms with Gasteiger partial charge in [0, 0.05) is 42.3 Å². The summed E-state index contributed by atoms with van der Waals surface area (Å²) in [6, 6.07) is 12.2. The molecule has 0 unspecified atom stereocenters. The highest BCUT2D eigenvalue weighted by Gasteiger charge is 2.33. The SMILES string of the molecule is CC1(C)CN(c2ccnc(Cc3ccccc3)n2)CC[S@@]1=O. The first-order valence-electron chi connectivity index (χ1n) is 7.54. The Bertz CT molecular complexity index is 673. The Labute approximate surface area is 134 Å². The second kappa shape index (κ2) is 6.16. The number of benzene rings is 1. The minimum atomic E-state index is -0.767. The molecule has 1 aliphatic heterocycles. The molecular weight excluding hydrogens is 294 g/mol. The van der Waals surface area contributed by atoms with Crippen molar-refractivity contribution in [3.05, 3.63) is 54.0 Å². The number of rotatable bonds is 3. The van der Waals surface area contributed by atoms with E-state index in [0.29, 0.717) is 5.75 Å². The molecule has 22 heavy (non-hydrogen) atoms. The van der Waals surface area contributed by atoms with Crippen LogP contribution >= 0.6 is 0 Å². The Morgan fingerprint density at radius 1 is 1.23 bits per heavy atom. The van der Waals surface area contributed by atoms with E-state index in [1.165, 1.54) is 5.56 Å². The lowest BCUT2D eigenvalue weighted by atomic mass is 10.1. The van der Waals surface area contributed by atoms with E-state index in [-0.39, 0.29) is 4.75 Å². The number of aromatic nitrogens is 2. The Kier molecular flexibility index (Phi) is 4.25. The summed E-state index contributed by atoms with van der Waals surface area (Å²) < 4.78 is 11.9. The third-order valence-corrected chi connectivity index (χ3v) is 5.87. The fourth-order valence-corrected chi connectivity index (χ4v) is 3.94. The van der Waals surface area contributed by atoms with Gasteiger partial charge in [0.1, 0.15) is 11.6 Å². The summed E-state index contributed by atoms with van der Waals surface area (Å²) in [4.78, 5) is 11.3. The zero-order chi connectivity index (χ0) is 15.6. The van der Waals surface area contributed by atoms with Crippen molar-refractivity contribution in [3.63, 3.8) is 0 Å². The maximum absolute atomic E-state index is 12.1. The first-order valence-corrected chi connectivity index (χ1v) is 8.86. The van der Waals surface area contributed by atoms with E-state index in [2.05, 4.69) is 35.9 Å². The summed E-state index contributed by atoms with van der Waals surface area (Å²) in [5.41, 5.74) is 1.21. The number of hydrogen-bond acceptors (Lipinski definition) is 4. The van der Waals surface area contributed by atoms with Crippen molar-refractivity contribution in [1.29, 1.82) is 0 Å². The van der Waals surface area contributed by atoms with Crippen LogP contribution in [0.3, 0.4) is 0 Å². The van der Waals surface area contributed by atoms with Gasteiger partial charge in [-0.05, 0) is 25.5 Å². The van der Waals surface area contributed by atoms with Gasteiger partial charge in [0.25, 0.3) is 0 Å². The van der Waals surface area contributed by atoms with Gasteiger partial charge in [-0.3, -0.25) is 4.21 Å². The third kappa shape index (κ3) is 3.35. The Hall–Kier alpha value is -1.75. The first kappa shape index (κ1) is 15.2. The Morgan fingerprint density at radius 2 is 2.00 bits per heavy atom. The number of hydrogen-bond donors (Lipinski definition) is 0. The highest BCUT2D eigenvalue weighted by molar-refractivity contribution is 7.86. The summed E-state index contributed by atoms with van der Waals surface area (Å²) in [5.74, 6) is 2.46. The molecule has 3 rings (SSSR count). The second-order valence-electron chi connectivity index (χ2n) is 6.22. The molecule has 2 aromatic rings. The molecule has 2 heterocycles. The van der Waals surface area contributed by atoms with Crippen LogP contribution in [-0.2, 0) is 17.2 Å². The highest BCUT2D eigenvalue weighted by atomic mass is 32.2. The van der Waals surface area contributed by atoms with Gasteiger partial charge < -0.3 is 4.90 Å². The maximum atomic E-state index is 12.1. The Morgan fingerprint density at radius 3 is 2.73 bits per heavy atom. The minimum Gasteiger partial charge on any atom is -0.354 e. The fraction of sp³-hybridized carbons (Fsp3) is 0.412. The standard InChI is InChI=1S/C17H21N3OS/c1-17(2)13-20(10-11-22(17)21)16-8-9-18-15(19-16)12-14-6-4-3-5-7-14/h3-9H,10-13H2,1-2H3/t22-/m0/s1. The summed E-state index contributed by atoms with van der Waals surface area (Å²) in [5, 5.41) is 0. The smallest absolute Gasteiger partial charge is 0.135 e. The van der Waals surface area contributed by atoms with Crippen molar-refractivity contribution in [2.75, 3.05) is 23.7 Å². The maximum Gasteiger partial charge on any atom is 0.135 e. The minimum absolute atomic E-state index is 0.192. The molecule has 1 aliphatic rings. The van der Waals surface area contributed by atoms with Crippen LogP contribution in [0.1, 0.15) is 25.2 Å². The predicted molar refractivity (Wildman–Crippen MR) is 90.6 cm³/mol. The van der Waals surface area contributed by atoms with Gasteiger partial charge in [-0.1, -0.05) is 30.3 Å². The van der Waals surface area contributed by atoms with Crippen LogP contribution in [0.15, 0.2) is 42.6 Å². The summed E-state index contributed by atoms with van der Waals surface area (Å²) >= 11 is 0. The van der Waals surface area contributed by atoms with E-state index in [1.54, 1.807) is 0 Å². The quantitative estimate of drug-likeness (QED) is 0.872. The van der Waals surface area contributed by atoms with Gasteiger partial charge in [-0.2, -0.15) is 0 Å². The predicted octanol–water partition coefficient (Wildman–Crippen LogP) is 2.41. The van der Waals surface area contributed by atoms with Gasteiger partial charge in [0.2, 0.25) is 0 Å². The van der Waals surface area contributed by atoms with Gasteiger partial charge in [0.05, 0.1) is 4.75 Å². The first-order chi connectivity index (χ1) is 10.5. The van der Waals surface area contributed by atoms with Gasteiger partial charge in [-0.15, -0.1) is 0 Å². The van der Waals surface area contributed by atoms with Crippen LogP contribution in [-0.4, -0.2) is 37.8 Å². The van der Waals surface area contributed by atoms with Crippen molar-refractivity contribution >= 4 is 16.6 Å². The van der Waals surface area contributed by atoms with Crippen LogP contribution in [0.2, 0.25) is 0 Å². The summed E-state index contributed by atoms with van der Waals surface area (Å²) in [7, 11) is -0.767. The van der Waals surface area contributed by atoms with E-state index in [1.807, 2.05) is 30.5 Å². The molecule has 0 spiro atoms. The molecule has 116 valence electrons. The van der Waals surface area contributed by atoms with Crippen LogP contribution in [0.5, 0.6) is 0 Å². The molecule has 5 heteroatoms. The van der Waals surface area contributed by atoms with Gasteiger partial charge >= 0.3 is 0 Å². The van der Waals surface area contributed by atoms with Crippen molar-refractivity contribution in [2.24, 2.45) is 0 Å². The normalized spacial score (nSPS) is 20.8. The fourth-order valence-electron chi connectivity index (χ4n) is 2.70. The lowest BCUT2D eigenvalue weighted by Gasteiger charge is -2.37. The lowest BCUT2D eigenvalue weighted by molar-refractivity contribution is 0.586.